The number of ether oxygens (including phenoxy) is 1. The molecule has 1 aromatic heterocycles. The Morgan fingerprint density at radius 1 is 1.65 bits per heavy atom. The highest BCUT2D eigenvalue weighted by Crippen LogP contribution is 1.98. The van der Waals surface area contributed by atoms with Crippen LogP contribution in [-0.2, 0) is 26.8 Å². The lowest BCUT2D eigenvalue weighted by molar-refractivity contribution is 0.0519. The maximum atomic E-state index is 11.2. The highest BCUT2D eigenvalue weighted by molar-refractivity contribution is 7.74. The molecule has 0 aliphatic rings. The second-order valence-electron chi connectivity index (χ2n) is 2.97. The molecule has 0 bridgehead atoms. The summed E-state index contributed by atoms with van der Waals surface area (Å²) in [5.74, 6) is -0.532. The summed E-state index contributed by atoms with van der Waals surface area (Å²) in [5.41, 5.74) is 0.125. The highest BCUT2D eigenvalue weighted by atomic mass is 32.2. The second-order valence-corrected chi connectivity index (χ2v) is 3.61. The summed E-state index contributed by atoms with van der Waals surface area (Å²) in [4.78, 5) is 11.2. The molecule has 0 aromatic carbocycles. The van der Waals surface area contributed by atoms with E-state index in [2.05, 4.69) is 14.5 Å². The van der Waals surface area contributed by atoms with Crippen LogP contribution >= 0.6 is 0 Å². The number of carbonyl (C=O) groups excluding carboxylic acids is 1. The Kier molecular flexibility index (Phi) is 5.73. The van der Waals surface area contributed by atoms with Crippen molar-refractivity contribution in [2.75, 3.05) is 13.2 Å². The van der Waals surface area contributed by atoms with Crippen LogP contribution in [0.5, 0.6) is 0 Å². The minimum Gasteiger partial charge on any atom is -0.750 e. The SMILES string of the molecule is CCOC(=O)c1cn(CCCOS(=O)[O-])nn1. The molecule has 9 heteroatoms. The van der Waals surface area contributed by atoms with Crippen molar-refractivity contribution in [3.05, 3.63) is 11.9 Å². The third-order valence-corrected chi connectivity index (χ3v) is 2.09. The van der Waals surface area contributed by atoms with Gasteiger partial charge in [-0.1, -0.05) is 5.21 Å². The van der Waals surface area contributed by atoms with E-state index in [1.807, 2.05) is 0 Å². The maximum Gasteiger partial charge on any atom is 0.360 e. The summed E-state index contributed by atoms with van der Waals surface area (Å²) in [6, 6.07) is 0. The van der Waals surface area contributed by atoms with E-state index >= 15 is 0 Å². The lowest BCUT2D eigenvalue weighted by atomic mass is 10.4. The Morgan fingerprint density at radius 2 is 2.41 bits per heavy atom. The first kappa shape index (κ1) is 13.7. The Morgan fingerprint density at radius 3 is 3.06 bits per heavy atom. The van der Waals surface area contributed by atoms with Crippen LogP contribution in [0.3, 0.4) is 0 Å². The van der Waals surface area contributed by atoms with Gasteiger partial charge in [-0.3, -0.25) is 4.68 Å². The van der Waals surface area contributed by atoms with Crippen molar-refractivity contribution in [1.82, 2.24) is 15.0 Å². The average molecular weight is 262 g/mol. The number of aryl methyl sites for hydroxylation is 1. The molecule has 8 nitrogen and oxygen atoms in total. The number of hydrogen-bond acceptors (Lipinski definition) is 7. The molecule has 1 heterocycles. The predicted octanol–water partition coefficient (Wildman–Crippen LogP) is -0.344. The van der Waals surface area contributed by atoms with Gasteiger partial charge < -0.3 is 13.5 Å². The van der Waals surface area contributed by atoms with Gasteiger partial charge in [-0.15, -0.1) is 5.10 Å². The van der Waals surface area contributed by atoms with Crippen LogP contribution in [0.4, 0.5) is 0 Å². The molecule has 96 valence electrons. The van der Waals surface area contributed by atoms with E-state index in [0.717, 1.165) is 0 Å². The molecule has 0 N–H and O–H groups in total. The van der Waals surface area contributed by atoms with Crippen molar-refractivity contribution >= 4 is 17.3 Å². The van der Waals surface area contributed by atoms with Gasteiger partial charge in [-0.25, -0.2) is 9.00 Å². The van der Waals surface area contributed by atoms with Crippen LogP contribution < -0.4 is 0 Å². The van der Waals surface area contributed by atoms with Gasteiger partial charge in [0.2, 0.25) is 0 Å². The van der Waals surface area contributed by atoms with Crippen LogP contribution in [0.15, 0.2) is 6.20 Å². The van der Waals surface area contributed by atoms with Crippen LogP contribution in [0.1, 0.15) is 23.8 Å². The Labute approximate surface area is 100 Å². The fourth-order valence-electron chi connectivity index (χ4n) is 1.06. The zero-order chi connectivity index (χ0) is 12.7. The van der Waals surface area contributed by atoms with Gasteiger partial charge in [-0.2, -0.15) is 0 Å². The Hall–Kier alpha value is -1.32. The normalized spacial score (nSPS) is 12.4. The topological polar surface area (TPSA) is 106 Å². The molecule has 1 rings (SSSR count). The van der Waals surface area contributed by atoms with E-state index in [4.69, 9.17) is 4.74 Å². The molecule has 17 heavy (non-hydrogen) atoms. The molecule has 0 amide bonds. The van der Waals surface area contributed by atoms with Crippen LogP contribution in [-0.4, -0.2) is 42.9 Å². The Balaban J connectivity index is 2.35. The van der Waals surface area contributed by atoms with Gasteiger partial charge in [-0.05, 0) is 13.3 Å². The third kappa shape index (κ3) is 5.02. The van der Waals surface area contributed by atoms with E-state index in [0.29, 0.717) is 13.0 Å². The molecule has 1 aromatic rings. The highest BCUT2D eigenvalue weighted by Gasteiger charge is 2.10. The van der Waals surface area contributed by atoms with Crippen molar-refractivity contribution in [2.45, 2.75) is 19.9 Å². The molecular weight excluding hydrogens is 250 g/mol. The molecule has 0 aliphatic carbocycles. The van der Waals surface area contributed by atoms with E-state index in [-0.39, 0.29) is 18.9 Å². The zero-order valence-electron chi connectivity index (χ0n) is 9.20. The monoisotopic (exact) mass is 262 g/mol. The number of esters is 1. The summed E-state index contributed by atoms with van der Waals surface area (Å²) in [5, 5.41) is 7.32. The standard InChI is InChI=1S/C8H13N3O5S/c1-2-15-8(12)7-6-11(10-9-7)4-3-5-16-17(13)14/h6H,2-5H2,1H3,(H,13,14)/p-1. The molecule has 0 saturated heterocycles. The number of rotatable bonds is 7. The van der Waals surface area contributed by atoms with Gasteiger partial charge in [0.25, 0.3) is 0 Å². The van der Waals surface area contributed by atoms with Crippen LogP contribution in [0.25, 0.3) is 0 Å². The first-order valence-corrected chi connectivity index (χ1v) is 5.93. The number of hydrogen-bond donors (Lipinski definition) is 0. The number of nitrogens with zero attached hydrogens (tertiary/aromatic N) is 3. The molecule has 0 saturated carbocycles. The summed E-state index contributed by atoms with van der Waals surface area (Å²) in [6.45, 7) is 2.44. The lowest BCUT2D eigenvalue weighted by Crippen LogP contribution is -2.05. The largest absolute Gasteiger partial charge is 0.750 e. The molecule has 0 aliphatic heterocycles. The lowest BCUT2D eigenvalue weighted by Gasteiger charge is -2.04. The van der Waals surface area contributed by atoms with Crippen molar-refractivity contribution in [2.24, 2.45) is 0 Å². The molecule has 1 unspecified atom stereocenters. The van der Waals surface area contributed by atoms with Gasteiger partial charge in [0.15, 0.2) is 5.69 Å². The van der Waals surface area contributed by atoms with Crippen molar-refractivity contribution in [1.29, 1.82) is 0 Å². The third-order valence-electron chi connectivity index (χ3n) is 1.73. The smallest absolute Gasteiger partial charge is 0.360 e. The molecule has 0 radical (unpaired) electrons. The van der Waals surface area contributed by atoms with Crippen LogP contribution in [0.2, 0.25) is 0 Å². The second kappa shape index (κ2) is 7.09. The number of aromatic nitrogens is 3. The fraction of sp³-hybridized carbons (Fsp3) is 0.625. The minimum atomic E-state index is -2.50. The zero-order valence-corrected chi connectivity index (χ0v) is 10.0. The molecular formula is C8H12N3O5S-. The first-order chi connectivity index (χ1) is 8.13. The van der Waals surface area contributed by atoms with E-state index in [9.17, 15) is 13.6 Å². The van der Waals surface area contributed by atoms with E-state index in [1.54, 1.807) is 6.92 Å². The van der Waals surface area contributed by atoms with Crippen molar-refractivity contribution < 1.29 is 22.5 Å². The van der Waals surface area contributed by atoms with Crippen molar-refractivity contribution in [3.8, 4) is 0 Å². The van der Waals surface area contributed by atoms with E-state index in [1.165, 1.54) is 10.9 Å². The quantitative estimate of drug-likeness (QED) is 0.375. The summed E-state index contributed by atoms with van der Waals surface area (Å²) >= 11 is -2.50. The first-order valence-electron chi connectivity index (χ1n) is 4.93. The number of carbonyl (C=O) groups is 1. The van der Waals surface area contributed by atoms with Crippen molar-refractivity contribution in [3.63, 3.8) is 0 Å². The fourth-order valence-corrected chi connectivity index (χ4v) is 1.31. The predicted molar refractivity (Wildman–Crippen MR) is 55.5 cm³/mol. The molecule has 0 spiro atoms. The van der Waals surface area contributed by atoms with Crippen LogP contribution in [0, 0.1) is 0 Å². The molecule has 0 fully saturated rings. The maximum absolute atomic E-state index is 11.2. The Bertz CT molecular complexity index is 394. The van der Waals surface area contributed by atoms with E-state index < -0.39 is 17.3 Å². The summed E-state index contributed by atoms with van der Waals surface area (Å²) in [7, 11) is 0. The summed E-state index contributed by atoms with van der Waals surface area (Å²) < 4.78 is 30.6. The average Bonchev–Trinajstić information content (AvgIpc) is 2.73. The van der Waals surface area contributed by atoms with Gasteiger partial charge >= 0.3 is 5.97 Å². The van der Waals surface area contributed by atoms with Gasteiger partial charge in [0.1, 0.15) is 0 Å². The minimum absolute atomic E-state index is 0.0602. The summed E-state index contributed by atoms with van der Waals surface area (Å²) in [6.07, 6.45) is 1.88. The molecule has 1 atom stereocenters. The van der Waals surface area contributed by atoms with Gasteiger partial charge in [0.05, 0.1) is 30.8 Å². The van der Waals surface area contributed by atoms with Gasteiger partial charge in [0, 0.05) is 6.54 Å².